The van der Waals surface area contributed by atoms with Crippen LogP contribution in [0.25, 0.3) is 5.65 Å². The van der Waals surface area contributed by atoms with Crippen LogP contribution in [0.3, 0.4) is 0 Å². The largest absolute Gasteiger partial charge is 0.350 e. The molecule has 4 rings (SSSR count). The van der Waals surface area contributed by atoms with Crippen molar-refractivity contribution in [1.82, 2.24) is 19.6 Å². The fraction of sp³-hybridized carbons (Fsp3) is 0.391. The standard InChI is InChI=1S/C23H28N4O/c1-17-9-12-26(13-10-17)21(20-6-4-3-5-18(20)2)15-25-23(28)19-7-8-22-24-11-14-27(22)16-19/h3-8,11,14,16-17,21H,9-10,12-13,15H2,1-2H3,(H,25,28)/t21-/m1/s1. The number of aryl methyl sites for hydroxylation is 1. The predicted octanol–water partition coefficient (Wildman–Crippen LogP) is 3.85. The van der Waals surface area contributed by atoms with Gasteiger partial charge in [-0.15, -0.1) is 0 Å². The summed E-state index contributed by atoms with van der Waals surface area (Å²) in [6.45, 7) is 7.26. The first-order valence-corrected chi connectivity index (χ1v) is 10.1. The third-order valence-electron chi connectivity index (χ3n) is 5.91. The summed E-state index contributed by atoms with van der Waals surface area (Å²) in [5.41, 5.74) is 4.08. The van der Waals surface area contributed by atoms with E-state index < -0.39 is 0 Å². The normalized spacial score (nSPS) is 16.9. The van der Waals surface area contributed by atoms with Crippen LogP contribution in [0, 0.1) is 12.8 Å². The van der Waals surface area contributed by atoms with Crippen LogP contribution in [-0.4, -0.2) is 39.8 Å². The monoisotopic (exact) mass is 376 g/mol. The second kappa shape index (κ2) is 8.15. The van der Waals surface area contributed by atoms with Gasteiger partial charge in [-0.1, -0.05) is 31.2 Å². The van der Waals surface area contributed by atoms with Gasteiger partial charge in [0, 0.05) is 25.1 Å². The Bertz CT molecular complexity index is 956. The van der Waals surface area contributed by atoms with Gasteiger partial charge >= 0.3 is 0 Å². The Balaban J connectivity index is 1.51. The third kappa shape index (κ3) is 3.94. The molecule has 3 aromatic rings. The van der Waals surface area contributed by atoms with Crippen LogP contribution in [0.1, 0.15) is 47.3 Å². The summed E-state index contributed by atoms with van der Waals surface area (Å²) in [5.74, 6) is 0.741. The second-order valence-electron chi connectivity index (χ2n) is 7.91. The zero-order valence-corrected chi connectivity index (χ0v) is 16.6. The number of likely N-dealkylation sites (tertiary alicyclic amines) is 1. The van der Waals surface area contributed by atoms with Crippen LogP contribution in [0.2, 0.25) is 0 Å². The van der Waals surface area contributed by atoms with E-state index in [-0.39, 0.29) is 11.9 Å². The topological polar surface area (TPSA) is 49.6 Å². The van der Waals surface area contributed by atoms with Crippen LogP contribution >= 0.6 is 0 Å². The Hall–Kier alpha value is -2.66. The van der Waals surface area contributed by atoms with E-state index in [4.69, 9.17) is 0 Å². The number of piperidine rings is 1. The van der Waals surface area contributed by atoms with Gasteiger partial charge in [-0.05, 0) is 62.0 Å². The third-order valence-corrected chi connectivity index (χ3v) is 5.91. The van der Waals surface area contributed by atoms with Gasteiger partial charge in [0.25, 0.3) is 5.91 Å². The number of hydrogen-bond acceptors (Lipinski definition) is 3. The number of aromatic nitrogens is 2. The highest BCUT2D eigenvalue weighted by Gasteiger charge is 2.26. The molecule has 1 aliphatic heterocycles. The van der Waals surface area contributed by atoms with Gasteiger partial charge in [-0.2, -0.15) is 0 Å². The molecule has 0 aliphatic carbocycles. The Kier molecular flexibility index (Phi) is 5.44. The molecule has 2 aromatic heterocycles. The van der Waals surface area contributed by atoms with E-state index in [2.05, 4.69) is 53.3 Å². The van der Waals surface area contributed by atoms with Gasteiger partial charge in [-0.25, -0.2) is 4.98 Å². The maximum atomic E-state index is 12.8. The van der Waals surface area contributed by atoms with Crippen molar-refractivity contribution in [1.29, 1.82) is 0 Å². The molecule has 1 amide bonds. The lowest BCUT2D eigenvalue weighted by Crippen LogP contribution is -2.42. The highest BCUT2D eigenvalue weighted by molar-refractivity contribution is 5.94. The van der Waals surface area contributed by atoms with Crippen molar-refractivity contribution in [3.8, 4) is 0 Å². The Morgan fingerprint density at radius 1 is 1.21 bits per heavy atom. The molecular weight excluding hydrogens is 348 g/mol. The molecule has 1 fully saturated rings. The van der Waals surface area contributed by atoms with Crippen LogP contribution in [0.15, 0.2) is 55.0 Å². The van der Waals surface area contributed by atoms with Gasteiger partial charge < -0.3 is 9.72 Å². The van der Waals surface area contributed by atoms with Crippen molar-refractivity contribution >= 4 is 11.6 Å². The van der Waals surface area contributed by atoms with Gasteiger partial charge in [0.1, 0.15) is 5.65 Å². The van der Waals surface area contributed by atoms with Crippen LogP contribution in [0.4, 0.5) is 0 Å². The molecule has 0 bridgehead atoms. The minimum atomic E-state index is -0.0421. The molecule has 1 N–H and O–H groups in total. The zero-order valence-electron chi connectivity index (χ0n) is 16.6. The average molecular weight is 377 g/mol. The maximum absolute atomic E-state index is 12.8. The fourth-order valence-corrected chi connectivity index (χ4v) is 4.08. The first kappa shape index (κ1) is 18.7. The summed E-state index contributed by atoms with van der Waals surface area (Å²) in [4.78, 5) is 19.6. The quantitative estimate of drug-likeness (QED) is 0.736. The van der Waals surface area contributed by atoms with E-state index in [9.17, 15) is 4.79 Å². The highest BCUT2D eigenvalue weighted by atomic mass is 16.1. The minimum absolute atomic E-state index is 0.0421. The molecule has 1 atom stereocenters. The van der Waals surface area contributed by atoms with Gasteiger partial charge in [0.2, 0.25) is 0 Å². The predicted molar refractivity (Wildman–Crippen MR) is 111 cm³/mol. The summed E-state index contributed by atoms with van der Waals surface area (Å²) in [5, 5.41) is 3.18. The van der Waals surface area contributed by atoms with Crippen molar-refractivity contribution in [2.45, 2.75) is 32.7 Å². The molecule has 0 saturated carbocycles. The zero-order chi connectivity index (χ0) is 19.5. The lowest BCUT2D eigenvalue weighted by atomic mass is 9.94. The molecule has 146 valence electrons. The number of amides is 1. The number of benzene rings is 1. The number of nitrogens with zero attached hydrogens (tertiary/aromatic N) is 3. The van der Waals surface area contributed by atoms with Crippen molar-refractivity contribution in [3.63, 3.8) is 0 Å². The van der Waals surface area contributed by atoms with E-state index in [0.717, 1.165) is 24.7 Å². The molecule has 0 spiro atoms. The smallest absolute Gasteiger partial charge is 0.252 e. The van der Waals surface area contributed by atoms with Crippen LogP contribution in [0.5, 0.6) is 0 Å². The van der Waals surface area contributed by atoms with Crippen LogP contribution < -0.4 is 5.32 Å². The van der Waals surface area contributed by atoms with Gasteiger partial charge in [0.15, 0.2) is 0 Å². The first-order valence-electron chi connectivity index (χ1n) is 10.1. The molecule has 3 heterocycles. The average Bonchev–Trinajstić information content (AvgIpc) is 3.18. The lowest BCUT2D eigenvalue weighted by Gasteiger charge is -2.37. The van der Waals surface area contributed by atoms with Crippen molar-refractivity contribution < 1.29 is 4.79 Å². The molecular formula is C23H28N4O. The van der Waals surface area contributed by atoms with Gasteiger partial charge in [0.05, 0.1) is 11.6 Å². The molecule has 1 aromatic carbocycles. The minimum Gasteiger partial charge on any atom is -0.350 e. The van der Waals surface area contributed by atoms with E-state index in [1.54, 1.807) is 6.20 Å². The van der Waals surface area contributed by atoms with Gasteiger partial charge in [-0.3, -0.25) is 9.69 Å². The van der Waals surface area contributed by atoms with E-state index in [0.29, 0.717) is 12.1 Å². The Morgan fingerprint density at radius 3 is 2.79 bits per heavy atom. The summed E-state index contributed by atoms with van der Waals surface area (Å²) >= 11 is 0. The number of rotatable bonds is 5. The highest BCUT2D eigenvalue weighted by Crippen LogP contribution is 2.28. The Morgan fingerprint density at radius 2 is 2.00 bits per heavy atom. The molecule has 5 heteroatoms. The van der Waals surface area contributed by atoms with Crippen molar-refractivity contribution in [2.24, 2.45) is 5.92 Å². The number of imidazole rings is 1. The van der Waals surface area contributed by atoms with Crippen molar-refractivity contribution in [3.05, 3.63) is 71.7 Å². The second-order valence-corrected chi connectivity index (χ2v) is 7.91. The number of carbonyl (C=O) groups is 1. The van der Waals surface area contributed by atoms with Crippen LogP contribution in [-0.2, 0) is 0 Å². The number of carbonyl (C=O) groups excluding carboxylic acids is 1. The van der Waals surface area contributed by atoms with E-state index in [1.165, 1.54) is 24.0 Å². The summed E-state index contributed by atoms with van der Waals surface area (Å²) in [6, 6.07) is 12.4. The molecule has 1 saturated heterocycles. The SMILES string of the molecule is Cc1ccccc1[C@@H](CNC(=O)c1ccc2nccn2c1)N1CCC(C)CC1. The first-order chi connectivity index (χ1) is 13.6. The number of pyridine rings is 1. The molecule has 28 heavy (non-hydrogen) atoms. The van der Waals surface area contributed by atoms with Crippen molar-refractivity contribution in [2.75, 3.05) is 19.6 Å². The number of nitrogens with one attached hydrogen (secondary N) is 1. The summed E-state index contributed by atoms with van der Waals surface area (Å²) in [6.07, 6.45) is 7.87. The number of hydrogen-bond donors (Lipinski definition) is 1. The molecule has 0 radical (unpaired) electrons. The number of fused-ring (bicyclic) bond motifs is 1. The molecule has 1 aliphatic rings. The summed E-state index contributed by atoms with van der Waals surface area (Å²) < 4.78 is 1.87. The van der Waals surface area contributed by atoms with E-state index >= 15 is 0 Å². The molecule has 0 unspecified atom stereocenters. The summed E-state index contributed by atoms with van der Waals surface area (Å²) in [7, 11) is 0. The molecule has 5 nitrogen and oxygen atoms in total. The Labute approximate surface area is 166 Å². The fourth-order valence-electron chi connectivity index (χ4n) is 4.08. The van der Waals surface area contributed by atoms with E-state index in [1.807, 2.05) is 28.9 Å². The lowest BCUT2D eigenvalue weighted by molar-refractivity contribution is 0.0912. The maximum Gasteiger partial charge on any atom is 0.252 e.